The van der Waals surface area contributed by atoms with Crippen molar-refractivity contribution >= 4 is 11.4 Å². The van der Waals surface area contributed by atoms with E-state index in [1.54, 1.807) is 36.4 Å². The maximum absolute atomic E-state index is 12.2. The van der Waals surface area contributed by atoms with Gasteiger partial charge in [0.15, 0.2) is 0 Å². The normalized spacial score (nSPS) is 10.2. The zero-order chi connectivity index (χ0) is 19.2. The van der Waals surface area contributed by atoms with Gasteiger partial charge in [0, 0.05) is 12.1 Å². The van der Waals surface area contributed by atoms with Crippen molar-refractivity contribution in [3.8, 4) is 34.3 Å². The third kappa shape index (κ3) is 5.59. The van der Waals surface area contributed by atoms with Crippen molar-refractivity contribution in [2.45, 2.75) is 0 Å². The average molecular weight is 582 g/mol. The minimum absolute atomic E-state index is 0. The van der Waals surface area contributed by atoms with E-state index in [9.17, 15) is 4.21 Å². The van der Waals surface area contributed by atoms with E-state index in [2.05, 4.69) is 22.1 Å². The molecule has 0 N–H and O–H groups in total. The summed E-state index contributed by atoms with van der Waals surface area (Å²) in [7, 11) is 0. The summed E-state index contributed by atoms with van der Waals surface area (Å²) in [5.41, 5.74) is 2.95. The van der Waals surface area contributed by atoms with Gasteiger partial charge in [0.1, 0.15) is 0 Å². The molecule has 4 rings (SSSR count). The Balaban J connectivity index is 0.00000240. The summed E-state index contributed by atoms with van der Waals surface area (Å²) in [6.45, 7) is 0. The largest absolute Gasteiger partial charge is 2.00 e. The van der Waals surface area contributed by atoms with E-state index in [1.807, 2.05) is 48.5 Å². The third-order valence-electron chi connectivity index (χ3n) is 3.72. The average Bonchev–Trinajstić information content (AvgIpc) is 2.75. The van der Waals surface area contributed by atoms with Crippen LogP contribution in [0.5, 0.6) is 11.8 Å². The van der Waals surface area contributed by atoms with Crippen molar-refractivity contribution in [1.82, 2.24) is 9.97 Å². The van der Waals surface area contributed by atoms with E-state index in [4.69, 9.17) is 8.37 Å². The van der Waals surface area contributed by atoms with E-state index in [0.717, 1.165) is 11.1 Å². The first kappa shape index (κ1) is 20.9. The summed E-state index contributed by atoms with van der Waals surface area (Å²) >= 11 is -2.10. The van der Waals surface area contributed by atoms with Gasteiger partial charge in [-0.05, 0) is 11.4 Å². The number of rotatable bonds is 6. The molecule has 0 aliphatic heterocycles. The standard InChI is InChI=1S/C22H14N2O3S.Pt/c25-28(26-21-15-7-13-19(23-21)17-9-3-1-4-10-17)27-22-16-8-14-20(24-22)18-11-5-2-6-12-18;/h1-9,11,13-16H;/q-2;+2. The molecule has 0 spiro atoms. The Kier molecular flexibility index (Phi) is 7.28. The van der Waals surface area contributed by atoms with Gasteiger partial charge in [-0.15, -0.1) is 71.8 Å². The van der Waals surface area contributed by atoms with Crippen molar-refractivity contribution < 1.29 is 33.6 Å². The predicted octanol–water partition coefficient (Wildman–Crippen LogP) is 4.44. The van der Waals surface area contributed by atoms with Crippen LogP contribution in [0.15, 0.2) is 84.9 Å². The number of hydrogen-bond donors (Lipinski definition) is 0. The van der Waals surface area contributed by atoms with Crippen LogP contribution in [0.2, 0.25) is 0 Å². The van der Waals surface area contributed by atoms with E-state index >= 15 is 0 Å². The van der Waals surface area contributed by atoms with Crippen molar-refractivity contribution in [2.24, 2.45) is 0 Å². The monoisotopic (exact) mass is 581 g/mol. The van der Waals surface area contributed by atoms with Crippen LogP contribution < -0.4 is 8.37 Å². The Morgan fingerprint density at radius 3 is 1.55 bits per heavy atom. The molecule has 5 nitrogen and oxygen atoms in total. The van der Waals surface area contributed by atoms with Crippen LogP contribution >= 0.6 is 0 Å². The van der Waals surface area contributed by atoms with Gasteiger partial charge in [0.05, 0.1) is 0 Å². The number of pyridine rings is 2. The Hall–Kier alpha value is -2.82. The Bertz CT molecular complexity index is 1010. The van der Waals surface area contributed by atoms with Gasteiger partial charge < -0.3 is 8.37 Å². The zero-order valence-corrected chi connectivity index (χ0v) is 18.0. The van der Waals surface area contributed by atoms with Crippen LogP contribution in [-0.2, 0) is 32.4 Å². The molecule has 0 aliphatic carbocycles. The molecular weight excluding hydrogens is 567 g/mol. The van der Waals surface area contributed by atoms with Gasteiger partial charge in [-0.25, -0.2) is 0 Å². The molecular formula is C22H14N2O3PtS. The second-order valence-electron chi connectivity index (χ2n) is 5.65. The first-order valence-electron chi connectivity index (χ1n) is 8.45. The summed E-state index contributed by atoms with van der Waals surface area (Å²) in [6, 6.07) is 31.5. The summed E-state index contributed by atoms with van der Waals surface area (Å²) in [5, 5.41) is 0. The van der Waals surface area contributed by atoms with E-state index in [1.165, 1.54) is 0 Å². The van der Waals surface area contributed by atoms with Crippen LogP contribution in [0.3, 0.4) is 0 Å². The molecule has 2 aromatic heterocycles. The van der Waals surface area contributed by atoms with Crippen molar-refractivity contribution in [3.05, 3.63) is 97.1 Å². The van der Waals surface area contributed by atoms with Gasteiger partial charge in [-0.1, -0.05) is 24.3 Å². The molecule has 2 aromatic carbocycles. The second-order valence-corrected chi connectivity index (χ2v) is 6.39. The van der Waals surface area contributed by atoms with Crippen molar-refractivity contribution in [2.75, 3.05) is 0 Å². The maximum atomic E-state index is 12.2. The van der Waals surface area contributed by atoms with Gasteiger partial charge in [0.2, 0.25) is 11.8 Å². The summed E-state index contributed by atoms with van der Waals surface area (Å²) in [5.74, 6) is 0.362. The second kappa shape index (κ2) is 10.1. The molecule has 0 fully saturated rings. The van der Waals surface area contributed by atoms with Crippen LogP contribution in [0, 0.1) is 12.1 Å². The number of aromatic nitrogens is 2. The zero-order valence-electron chi connectivity index (χ0n) is 14.9. The molecule has 29 heavy (non-hydrogen) atoms. The Labute approximate surface area is 185 Å². The number of nitrogens with zero attached hydrogens (tertiary/aromatic N) is 2. The fourth-order valence-electron chi connectivity index (χ4n) is 2.48. The topological polar surface area (TPSA) is 61.3 Å². The van der Waals surface area contributed by atoms with Crippen molar-refractivity contribution in [1.29, 1.82) is 0 Å². The molecule has 0 bridgehead atoms. The van der Waals surface area contributed by atoms with Gasteiger partial charge in [-0.2, -0.15) is 4.21 Å². The molecule has 4 aromatic rings. The van der Waals surface area contributed by atoms with Crippen LogP contribution in [0.1, 0.15) is 0 Å². The molecule has 0 radical (unpaired) electrons. The van der Waals surface area contributed by atoms with E-state index < -0.39 is 11.4 Å². The Morgan fingerprint density at radius 2 is 1.14 bits per heavy atom. The van der Waals surface area contributed by atoms with Crippen LogP contribution in [-0.4, -0.2) is 14.2 Å². The molecule has 0 amide bonds. The molecule has 0 aliphatic rings. The molecule has 7 heteroatoms. The SMILES string of the molecule is O=S(Oc1cccc(-c2[c-]cccc2)n1)Oc1cccc(-c2[c-]cccc2)n1.[Pt+2]. The first-order chi connectivity index (χ1) is 13.8. The molecule has 0 saturated heterocycles. The molecule has 0 unspecified atom stereocenters. The summed E-state index contributed by atoms with van der Waals surface area (Å²) in [4.78, 5) is 8.68. The van der Waals surface area contributed by atoms with Crippen LogP contribution in [0.25, 0.3) is 22.5 Å². The fourth-order valence-corrected chi connectivity index (χ4v) is 2.98. The Morgan fingerprint density at radius 1 is 0.655 bits per heavy atom. The minimum atomic E-state index is -2.10. The maximum Gasteiger partial charge on any atom is 2.00 e. The molecule has 0 atom stereocenters. The summed E-state index contributed by atoms with van der Waals surface area (Å²) < 4.78 is 22.9. The van der Waals surface area contributed by atoms with Crippen molar-refractivity contribution in [3.63, 3.8) is 0 Å². The van der Waals surface area contributed by atoms with E-state index in [-0.39, 0.29) is 32.8 Å². The number of benzene rings is 2. The molecule has 146 valence electrons. The van der Waals surface area contributed by atoms with E-state index in [0.29, 0.717) is 11.4 Å². The minimum Gasteiger partial charge on any atom is -0.351 e. The van der Waals surface area contributed by atoms with Crippen LogP contribution in [0.4, 0.5) is 0 Å². The molecule has 0 saturated carbocycles. The predicted molar refractivity (Wildman–Crippen MR) is 106 cm³/mol. The quantitative estimate of drug-likeness (QED) is 0.315. The summed E-state index contributed by atoms with van der Waals surface area (Å²) in [6.07, 6.45) is 0. The van der Waals surface area contributed by atoms with Gasteiger partial charge in [0.25, 0.3) is 0 Å². The van der Waals surface area contributed by atoms with Gasteiger partial charge in [-0.3, -0.25) is 9.97 Å². The third-order valence-corrected chi connectivity index (χ3v) is 4.34. The fraction of sp³-hybridized carbons (Fsp3) is 0. The van der Waals surface area contributed by atoms with Gasteiger partial charge >= 0.3 is 32.4 Å². The molecule has 2 heterocycles. The smallest absolute Gasteiger partial charge is 0.351 e. The first-order valence-corrected chi connectivity index (χ1v) is 9.45. The number of hydrogen-bond acceptors (Lipinski definition) is 5.